The van der Waals surface area contributed by atoms with Crippen molar-refractivity contribution in [2.24, 2.45) is 0 Å². The van der Waals surface area contributed by atoms with Crippen LogP contribution in [-0.4, -0.2) is 54.8 Å². The molecule has 1 fully saturated rings. The third kappa shape index (κ3) is 9.97. The normalized spacial score (nSPS) is 23.0. The Kier molecular flexibility index (Phi) is 13.3. The van der Waals surface area contributed by atoms with E-state index in [1.165, 1.54) is 11.4 Å². The number of aliphatic hydroxyl groups excluding tert-OH is 1. The van der Waals surface area contributed by atoms with E-state index in [0.717, 1.165) is 16.7 Å². The van der Waals surface area contributed by atoms with E-state index >= 15 is 0 Å². The molecule has 1 N–H and O–H groups in total. The Balaban J connectivity index is 1.58. The van der Waals surface area contributed by atoms with Gasteiger partial charge in [-0.25, -0.2) is 0 Å². The van der Waals surface area contributed by atoms with Gasteiger partial charge in [-0.1, -0.05) is 91.0 Å². The van der Waals surface area contributed by atoms with E-state index in [1.54, 1.807) is 0 Å². The van der Waals surface area contributed by atoms with Gasteiger partial charge in [-0.2, -0.15) is 0 Å². The zero-order valence-corrected chi connectivity index (χ0v) is 26.0. The molecule has 222 valence electrons. The van der Waals surface area contributed by atoms with E-state index in [2.05, 4.69) is 0 Å². The van der Waals surface area contributed by atoms with Crippen LogP contribution in [0.4, 0.5) is 0 Å². The van der Waals surface area contributed by atoms with Crippen LogP contribution in [0.3, 0.4) is 0 Å². The summed E-state index contributed by atoms with van der Waals surface area (Å²) in [5.74, 6) is 0. The summed E-state index contributed by atoms with van der Waals surface area (Å²) in [6, 6.07) is 29.7. The molecule has 1 saturated heterocycles. The first kappa shape index (κ1) is 32.3. The molecule has 1 aliphatic rings. The summed E-state index contributed by atoms with van der Waals surface area (Å²) in [5.41, 5.74) is -0.499. The Bertz CT molecular complexity index is 1180. The largest absolute Gasteiger partial charge is 0.387 e. The van der Waals surface area contributed by atoms with Crippen LogP contribution < -0.4 is 0 Å². The number of aliphatic hydroxyl groups is 1. The lowest BCUT2D eigenvalue weighted by Gasteiger charge is -2.45. The summed E-state index contributed by atoms with van der Waals surface area (Å²) in [6.45, 7) is 5.81. The van der Waals surface area contributed by atoms with Gasteiger partial charge in [-0.05, 0) is 53.7 Å². The summed E-state index contributed by atoms with van der Waals surface area (Å²) in [7, 11) is 0. The molecule has 1 heterocycles. The molecular weight excluding hydrogens is 579 g/mol. The second-order valence-corrected chi connectivity index (χ2v) is 15.7. The minimum absolute atomic E-state index is 0.232. The monoisotopic (exact) mass is 618 g/mol. The van der Waals surface area contributed by atoms with Crippen molar-refractivity contribution in [1.29, 1.82) is 0 Å². The van der Waals surface area contributed by atoms with Gasteiger partial charge in [0.2, 0.25) is 5.69 Å². The maximum Gasteiger partial charge on any atom is 0.249 e. The van der Waals surface area contributed by atoms with E-state index in [-0.39, 0.29) is 6.61 Å². The molecule has 10 heteroatoms. The molecule has 0 amide bonds. The van der Waals surface area contributed by atoms with Crippen LogP contribution in [0, 0.1) is 0 Å². The van der Waals surface area contributed by atoms with Gasteiger partial charge in [0.15, 0.2) is 0 Å². The van der Waals surface area contributed by atoms with Crippen LogP contribution in [0.5, 0.6) is 0 Å². The minimum atomic E-state index is -2.78. The van der Waals surface area contributed by atoms with Crippen LogP contribution >= 0.6 is 17.1 Å². The SMILES string of the molecule is CCOP(=S)(OCC)S[C@@H]1O[C@H](COCc2ccccc2)[C@@H](OCc2ccccc2)[C@H](OCc2ccccc2)[C@H]1O. The summed E-state index contributed by atoms with van der Waals surface area (Å²) in [4.78, 5) is 0. The fourth-order valence-electron chi connectivity index (χ4n) is 4.45. The molecule has 0 spiro atoms. The summed E-state index contributed by atoms with van der Waals surface area (Å²) in [5, 5.41) is 11.7. The highest BCUT2D eigenvalue weighted by molar-refractivity contribution is 8.68. The van der Waals surface area contributed by atoms with Crippen LogP contribution in [0.1, 0.15) is 30.5 Å². The Morgan fingerprint density at radius 1 is 0.732 bits per heavy atom. The van der Waals surface area contributed by atoms with Gasteiger partial charge in [0, 0.05) is 0 Å². The van der Waals surface area contributed by atoms with Crippen molar-refractivity contribution in [3.05, 3.63) is 108 Å². The van der Waals surface area contributed by atoms with Crippen LogP contribution in [-0.2, 0) is 59.6 Å². The molecule has 0 saturated carbocycles. The highest BCUT2D eigenvalue weighted by atomic mass is 32.9. The average Bonchev–Trinajstić information content (AvgIpc) is 2.99. The molecular formula is C31H39O7PS2. The molecule has 0 aromatic heterocycles. The van der Waals surface area contributed by atoms with Crippen molar-refractivity contribution in [2.75, 3.05) is 19.8 Å². The molecule has 41 heavy (non-hydrogen) atoms. The fraction of sp³-hybridized carbons (Fsp3) is 0.419. The van der Waals surface area contributed by atoms with Gasteiger partial charge in [-0.3, -0.25) is 0 Å². The highest BCUT2D eigenvalue weighted by Crippen LogP contribution is 2.64. The number of rotatable bonds is 16. The molecule has 0 radical (unpaired) electrons. The molecule has 3 aromatic rings. The van der Waals surface area contributed by atoms with E-state index in [1.807, 2.05) is 105 Å². The van der Waals surface area contributed by atoms with Gasteiger partial charge >= 0.3 is 0 Å². The minimum Gasteiger partial charge on any atom is -0.387 e. The molecule has 7 nitrogen and oxygen atoms in total. The molecule has 3 aromatic carbocycles. The lowest BCUT2D eigenvalue weighted by Crippen LogP contribution is -2.59. The molecule has 0 bridgehead atoms. The number of ether oxygens (including phenoxy) is 4. The third-order valence-corrected chi connectivity index (χ3v) is 11.8. The van der Waals surface area contributed by atoms with Crippen LogP contribution in [0.15, 0.2) is 91.0 Å². The highest BCUT2D eigenvalue weighted by Gasteiger charge is 2.49. The first-order valence-corrected chi connectivity index (χ1v) is 18.0. The number of hydrogen-bond acceptors (Lipinski definition) is 9. The fourth-order valence-corrected chi connectivity index (χ4v) is 9.69. The zero-order valence-electron chi connectivity index (χ0n) is 23.5. The molecule has 0 unspecified atom stereocenters. The molecule has 0 aliphatic carbocycles. The second-order valence-electron chi connectivity index (χ2n) is 9.44. The first-order valence-electron chi connectivity index (χ1n) is 13.8. The van der Waals surface area contributed by atoms with Crippen molar-refractivity contribution in [3.8, 4) is 0 Å². The average molecular weight is 619 g/mol. The van der Waals surface area contributed by atoms with Gasteiger partial charge < -0.3 is 33.1 Å². The van der Waals surface area contributed by atoms with E-state index < -0.39 is 35.5 Å². The second kappa shape index (κ2) is 16.9. The van der Waals surface area contributed by atoms with Crippen molar-refractivity contribution in [3.63, 3.8) is 0 Å². The Morgan fingerprint density at radius 3 is 1.68 bits per heavy atom. The first-order chi connectivity index (χ1) is 20.0. The number of benzene rings is 3. The Hall–Kier alpha value is -1.62. The topological polar surface area (TPSA) is 75.6 Å². The smallest absolute Gasteiger partial charge is 0.249 e. The van der Waals surface area contributed by atoms with Crippen LogP contribution in [0.25, 0.3) is 0 Å². The number of hydrogen-bond donors (Lipinski definition) is 1. The maximum absolute atomic E-state index is 11.7. The summed E-state index contributed by atoms with van der Waals surface area (Å²) in [6.07, 6.45) is -2.94. The molecule has 4 rings (SSSR count). The van der Waals surface area contributed by atoms with E-state index in [9.17, 15) is 5.11 Å². The summed E-state index contributed by atoms with van der Waals surface area (Å²) >= 11 is 7.00. The third-order valence-electron chi connectivity index (χ3n) is 6.39. The van der Waals surface area contributed by atoms with Crippen molar-refractivity contribution < 1.29 is 33.1 Å². The standard InChI is InChI=1S/C31H39O7PS2/c1-3-36-39(40,37-4-2)41-31-28(32)30(35-22-26-18-12-7-13-19-26)29(34-21-25-16-10-6-11-17-25)27(38-31)23-33-20-24-14-8-5-9-15-24/h5-19,27-32H,3-4,20-23H2,1-2H3/t27-,28-,29-,30-,31+/m1/s1. The van der Waals surface area contributed by atoms with E-state index in [0.29, 0.717) is 33.0 Å². The zero-order chi connectivity index (χ0) is 28.9. The van der Waals surface area contributed by atoms with Gasteiger partial charge in [0.25, 0.3) is 0 Å². The van der Waals surface area contributed by atoms with Crippen molar-refractivity contribution in [2.45, 2.75) is 63.5 Å². The van der Waals surface area contributed by atoms with Crippen LogP contribution in [0.2, 0.25) is 0 Å². The quantitative estimate of drug-likeness (QED) is 0.181. The van der Waals surface area contributed by atoms with Crippen molar-refractivity contribution in [1.82, 2.24) is 0 Å². The predicted molar refractivity (Wildman–Crippen MR) is 166 cm³/mol. The maximum atomic E-state index is 11.7. The molecule has 1 aliphatic heterocycles. The Labute approximate surface area is 252 Å². The lowest BCUT2D eigenvalue weighted by atomic mass is 9.99. The summed E-state index contributed by atoms with van der Waals surface area (Å²) < 4.78 is 37.2. The lowest BCUT2D eigenvalue weighted by molar-refractivity contribution is -0.242. The van der Waals surface area contributed by atoms with Crippen molar-refractivity contribution >= 4 is 28.9 Å². The van der Waals surface area contributed by atoms with Gasteiger partial charge in [-0.15, -0.1) is 0 Å². The Morgan fingerprint density at radius 2 is 1.20 bits per heavy atom. The predicted octanol–water partition coefficient (Wildman–Crippen LogP) is 6.49. The molecule has 5 atom stereocenters. The van der Waals surface area contributed by atoms with E-state index in [4.69, 9.17) is 39.8 Å². The van der Waals surface area contributed by atoms with Gasteiger partial charge in [0.1, 0.15) is 29.9 Å². The van der Waals surface area contributed by atoms with Gasteiger partial charge in [0.05, 0.1) is 39.6 Å².